The van der Waals surface area contributed by atoms with E-state index in [1.165, 1.54) is 5.56 Å². The van der Waals surface area contributed by atoms with Gasteiger partial charge in [-0.05, 0) is 24.1 Å². The van der Waals surface area contributed by atoms with E-state index >= 15 is 0 Å². The molecular formula is C9H10ClNO. The SMILES string of the molecule is Clc1ccc([C@H]2CCON2)cc1. The van der Waals surface area contributed by atoms with Gasteiger partial charge < -0.3 is 4.84 Å². The maximum absolute atomic E-state index is 5.77. The van der Waals surface area contributed by atoms with Crippen molar-refractivity contribution in [3.05, 3.63) is 34.9 Å². The normalized spacial score (nSPS) is 22.9. The molecule has 1 N–H and O–H groups in total. The van der Waals surface area contributed by atoms with Crippen molar-refractivity contribution in [1.82, 2.24) is 5.48 Å². The highest BCUT2D eigenvalue weighted by atomic mass is 35.5. The van der Waals surface area contributed by atoms with E-state index in [4.69, 9.17) is 16.4 Å². The summed E-state index contributed by atoms with van der Waals surface area (Å²) >= 11 is 5.77. The molecule has 1 aromatic carbocycles. The number of hydrogen-bond donors (Lipinski definition) is 1. The maximum Gasteiger partial charge on any atom is 0.0701 e. The summed E-state index contributed by atoms with van der Waals surface area (Å²) in [6.07, 6.45) is 1.03. The average molecular weight is 184 g/mol. The molecule has 0 aliphatic carbocycles. The molecule has 1 aromatic rings. The molecule has 1 aliphatic rings. The second-order valence-electron chi connectivity index (χ2n) is 2.86. The molecule has 12 heavy (non-hydrogen) atoms. The van der Waals surface area contributed by atoms with Crippen LogP contribution in [0.1, 0.15) is 18.0 Å². The highest BCUT2D eigenvalue weighted by molar-refractivity contribution is 6.30. The average Bonchev–Trinajstić information content (AvgIpc) is 2.58. The van der Waals surface area contributed by atoms with Crippen molar-refractivity contribution in [1.29, 1.82) is 0 Å². The first kappa shape index (κ1) is 8.05. The third kappa shape index (κ3) is 1.61. The summed E-state index contributed by atoms with van der Waals surface area (Å²) in [6.45, 7) is 0.785. The van der Waals surface area contributed by atoms with Crippen LogP contribution in [-0.2, 0) is 4.84 Å². The van der Waals surface area contributed by atoms with Crippen molar-refractivity contribution in [2.45, 2.75) is 12.5 Å². The van der Waals surface area contributed by atoms with E-state index in [1.54, 1.807) is 0 Å². The zero-order valence-corrected chi connectivity index (χ0v) is 7.34. The maximum atomic E-state index is 5.77. The molecule has 64 valence electrons. The highest BCUT2D eigenvalue weighted by Crippen LogP contribution is 2.22. The lowest BCUT2D eigenvalue weighted by Crippen LogP contribution is -2.10. The molecule has 1 saturated heterocycles. The fourth-order valence-electron chi connectivity index (χ4n) is 1.33. The molecule has 0 saturated carbocycles. The molecule has 1 atom stereocenters. The number of hydrogen-bond acceptors (Lipinski definition) is 2. The first-order chi connectivity index (χ1) is 5.86. The Morgan fingerprint density at radius 3 is 2.67 bits per heavy atom. The molecule has 0 radical (unpaired) electrons. The van der Waals surface area contributed by atoms with Crippen LogP contribution in [0.5, 0.6) is 0 Å². The van der Waals surface area contributed by atoms with Crippen LogP contribution in [0.4, 0.5) is 0 Å². The van der Waals surface area contributed by atoms with Gasteiger partial charge in [-0.25, -0.2) is 0 Å². The highest BCUT2D eigenvalue weighted by Gasteiger charge is 2.16. The molecule has 2 rings (SSSR count). The van der Waals surface area contributed by atoms with Gasteiger partial charge in [0.1, 0.15) is 0 Å². The fraction of sp³-hybridized carbons (Fsp3) is 0.333. The Labute approximate surface area is 76.4 Å². The molecule has 0 unspecified atom stereocenters. The molecule has 0 aromatic heterocycles. The van der Waals surface area contributed by atoms with Crippen LogP contribution >= 0.6 is 11.6 Å². The van der Waals surface area contributed by atoms with E-state index in [-0.39, 0.29) is 0 Å². The lowest BCUT2D eigenvalue weighted by Gasteiger charge is -2.07. The molecular weight excluding hydrogens is 174 g/mol. The number of hydroxylamine groups is 1. The number of halogens is 1. The number of nitrogens with one attached hydrogen (secondary N) is 1. The Bertz CT molecular complexity index is 254. The zero-order valence-electron chi connectivity index (χ0n) is 6.59. The molecule has 0 amide bonds. The molecule has 1 heterocycles. The summed E-state index contributed by atoms with van der Waals surface area (Å²) in [7, 11) is 0. The second-order valence-corrected chi connectivity index (χ2v) is 3.30. The quantitative estimate of drug-likeness (QED) is 0.722. The van der Waals surface area contributed by atoms with E-state index in [2.05, 4.69) is 5.48 Å². The summed E-state index contributed by atoms with van der Waals surface area (Å²) in [5.74, 6) is 0. The van der Waals surface area contributed by atoms with E-state index in [9.17, 15) is 0 Å². The van der Waals surface area contributed by atoms with Gasteiger partial charge in [-0.1, -0.05) is 23.7 Å². The van der Waals surface area contributed by atoms with E-state index < -0.39 is 0 Å². The van der Waals surface area contributed by atoms with Crippen LogP contribution in [-0.4, -0.2) is 6.61 Å². The van der Waals surface area contributed by atoms with Crippen LogP contribution in [0, 0.1) is 0 Å². The van der Waals surface area contributed by atoms with Crippen molar-refractivity contribution in [2.24, 2.45) is 0 Å². The minimum absolute atomic E-state index is 0.335. The van der Waals surface area contributed by atoms with Gasteiger partial charge in [-0.2, -0.15) is 5.48 Å². The topological polar surface area (TPSA) is 21.3 Å². The molecule has 1 aliphatic heterocycles. The van der Waals surface area contributed by atoms with Gasteiger partial charge in [0.05, 0.1) is 12.6 Å². The van der Waals surface area contributed by atoms with Gasteiger partial charge in [-0.3, -0.25) is 0 Å². The van der Waals surface area contributed by atoms with Gasteiger partial charge in [0.25, 0.3) is 0 Å². The second kappa shape index (κ2) is 3.44. The predicted octanol–water partition coefficient (Wildman–Crippen LogP) is 2.31. The van der Waals surface area contributed by atoms with Gasteiger partial charge in [-0.15, -0.1) is 0 Å². The van der Waals surface area contributed by atoms with Crippen molar-refractivity contribution < 1.29 is 4.84 Å². The Balaban J connectivity index is 2.17. The van der Waals surface area contributed by atoms with Crippen LogP contribution in [0.2, 0.25) is 5.02 Å². The van der Waals surface area contributed by atoms with E-state index in [1.807, 2.05) is 24.3 Å². The Kier molecular flexibility index (Phi) is 2.30. The van der Waals surface area contributed by atoms with Crippen LogP contribution in [0.15, 0.2) is 24.3 Å². The molecule has 2 nitrogen and oxygen atoms in total. The Hall–Kier alpha value is -0.570. The van der Waals surface area contributed by atoms with Crippen LogP contribution in [0.3, 0.4) is 0 Å². The lowest BCUT2D eigenvalue weighted by molar-refractivity contribution is 0.0883. The van der Waals surface area contributed by atoms with Gasteiger partial charge in [0.15, 0.2) is 0 Å². The van der Waals surface area contributed by atoms with Crippen LogP contribution in [0.25, 0.3) is 0 Å². The number of benzene rings is 1. The zero-order chi connectivity index (χ0) is 8.39. The van der Waals surface area contributed by atoms with Crippen molar-refractivity contribution in [2.75, 3.05) is 6.61 Å². The van der Waals surface area contributed by atoms with Gasteiger partial charge in [0.2, 0.25) is 0 Å². The first-order valence-corrected chi connectivity index (χ1v) is 4.37. The largest absolute Gasteiger partial charge is 0.301 e. The Morgan fingerprint density at radius 2 is 2.08 bits per heavy atom. The van der Waals surface area contributed by atoms with Crippen molar-refractivity contribution in [3.63, 3.8) is 0 Å². The minimum Gasteiger partial charge on any atom is -0.301 e. The van der Waals surface area contributed by atoms with Crippen LogP contribution < -0.4 is 5.48 Å². The molecule has 1 fully saturated rings. The smallest absolute Gasteiger partial charge is 0.0701 e. The third-order valence-electron chi connectivity index (χ3n) is 2.01. The van der Waals surface area contributed by atoms with E-state index in [0.717, 1.165) is 18.1 Å². The summed E-state index contributed by atoms with van der Waals surface area (Å²) in [6, 6.07) is 8.18. The van der Waals surface area contributed by atoms with Crippen molar-refractivity contribution in [3.8, 4) is 0 Å². The summed E-state index contributed by atoms with van der Waals surface area (Å²) in [5.41, 5.74) is 4.18. The van der Waals surface area contributed by atoms with Gasteiger partial charge in [0, 0.05) is 5.02 Å². The monoisotopic (exact) mass is 183 g/mol. The summed E-state index contributed by atoms with van der Waals surface area (Å²) in [5, 5.41) is 0.776. The fourth-order valence-corrected chi connectivity index (χ4v) is 1.45. The van der Waals surface area contributed by atoms with E-state index in [0.29, 0.717) is 6.04 Å². The number of rotatable bonds is 1. The summed E-state index contributed by atoms with van der Waals surface area (Å²) in [4.78, 5) is 5.06. The molecule has 0 spiro atoms. The molecule has 3 heteroatoms. The molecule has 0 bridgehead atoms. The first-order valence-electron chi connectivity index (χ1n) is 3.99. The summed E-state index contributed by atoms with van der Waals surface area (Å²) < 4.78 is 0. The standard InChI is InChI=1S/C9H10ClNO/c10-8-3-1-7(2-4-8)9-5-6-12-11-9/h1-4,9,11H,5-6H2/t9-/m1/s1. The van der Waals surface area contributed by atoms with Crippen molar-refractivity contribution >= 4 is 11.6 Å². The lowest BCUT2D eigenvalue weighted by atomic mass is 10.1. The predicted molar refractivity (Wildman–Crippen MR) is 47.9 cm³/mol. The Morgan fingerprint density at radius 1 is 1.33 bits per heavy atom. The minimum atomic E-state index is 0.335. The third-order valence-corrected chi connectivity index (χ3v) is 2.26. The van der Waals surface area contributed by atoms with Gasteiger partial charge >= 0.3 is 0 Å².